The molecule has 0 bridgehead atoms. The average molecular weight is 193 g/mol. The number of hydrogen-bond acceptors (Lipinski definition) is 4. The highest BCUT2D eigenvalue weighted by molar-refractivity contribution is 5.76. The van der Waals surface area contributed by atoms with Crippen molar-refractivity contribution in [1.82, 2.24) is 9.97 Å². The third-order valence-corrected chi connectivity index (χ3v) is 2.04. The molecular formula is C9H11N3O2. The fraction of sp³-hybridized carbons (Fsp3) is 0.333. The molecule has 5 heteroatoms. The number of nitrogens with one attached hydrogen (secondary N) is 1. The first-order valence-corrected chi connectivity index (χ1v) is 4.48. The zero-order valence-corrected chi connectivity index (χ0v) is 7.83. The Balaban J connectivity index is 2.72. The average Bonchev–Trinajstić information content (AvgIpc) is 2.49. The van der Waals surface area contributed by atoms with E-state index in [1.807, 2.05) is 0 Å². The number of aryl methyl sites for hydroxylation is 1. The second-order valence-electron chi connectivity index (χ2n) is 3.14. The van der Waals surface area contributed by atoms with Crippen molar-refractivity contribution >= 4 is 17.0 Å². The van der Waals surface area contributed by atoms with Crippen molar-refractivity contribution in [1.29, 1.82) is 0 Å². The first-order chi connectivity index (χ1) is 6.72. The summed E-state index contributed by atoms with van der Waals surface area (Å²) >= 11 is 0. The second-order valence-corrected chi connectivity index (χ2v) is 3.14. The fourth-order valence-electron chi connectivity index (χ4n) is 1.44. The van der Waals surface area contributed by atoms with Gasteiger partial charge in [0.2, 0.25) is 11.5 Å². The second kappa shape index (κ2) is 3.17. The highest BCUT2D eigenvalue weighted by atomic mass is 16.3. The van der Waals surface area contributed by atoms with E-state index in [9.17, 15) is 4.79 Å². The minimum Gasteiger partial charge on any atom is -0.456 e. The van der Waals surface area contributed by atoms with Gasteiger partial charge >= 0.3 is 0 Å². The lowest BCUT2D eigenvalue weighted by Crippen LogP contribution is -2.10. The van der Waals surface area contributed by atoms with Crippen LogP contribution < -0.4 is 11.3 Å². The molecule has 2 rings (SSSR count). The zero-order chi connectivity index (χ0) is 10.1. The molecule has 0 aliphatic heterocycles. The molecular weight excluding hydrogens is 182 g/mol. The molecule has 0 aromatic carbocycles. The number of nitrogens with zero attached hydrogens (tertiary/aromatic N) is 1. The maximum absolute atomic E-state index is 11.3. The number of anilines is 1. The summed E-state index contributed by atoms with van der Waals surface area (Å²) in [6, 6.07) is 0. The van der Waals surface area contributed by atoms with E-state index in [4.69, 9.17) is 10.2 Å². The Morgan fingerprint density at radius 3 is 3.14 bits per heavy atom. The molecule has 2 aromatic heterocycles. The number of rotatable bonds is 2. The SMILES string of the molecule is CCCc1coc2c(=O)[nH]c(N)nc12. The standard InChI is InChI=1S/C9H11N3O2/c1-2-3-5-4-14-7-6(5)11-9(10)12-8(7)13/h4H,2-3H2,1H3,(H3,10,11,12,13). The lowest BCUT2D eigenvalue weighted by molar-refractivity contribution is 0.604. The van der Waals surface area contributed by atoms with Crippen LogP contribution in [0.25, 0.3) is 11.1 Å². The molecule has 0 amide bonds. The Hall–Kier alpha value is -1.78. The summed E-state index contributed by atoms with van der Waals surface area (Å²) in [6.07, 6.45) is 3.38. The first kappa shape index (κ1) is 8.80. The van der Waals surface area contributed by atoms with Gasteiger partial charge in [0.05, 0.1) is 6.26 Å². The number of nitrogen functional groups attached to an aromatic ring is 1. The first-order valence-electron chi connectivity index (χ1n) is 4.48. The van der Waals surface area contributed by atoms with E-state index >= 15 is 0 Å². The van der Waals surface area contributed by atoms with Gasteiger partial charge in [0.25, 0.3) is 5.56 Å². The van der Waals surface area contributed by atoms with Crippen LogP contribution in [0, 0.1) is 0 Å². The molecule has 0 spiro atoms. The van der Waals surface area contributed by atoms with E-state index in [0.29, 0.717) is 5.52 Å². The molecule has 5 nitrogen and oxygen atoms in total. The fourth-order valence-corrected chi connectivity index (χ4v) is 1.44. The highest BCUT2D eigenvalue weighted by Crippen LogP contribution is 2.17. The van der Waals surface area contributed by atoms with Crippen LogP contribution in [0.2, 0.25) is 0 Å². The Labute approximate surface area is 79.9 Å². The molecule has 0 aliphatic rings. The van der Waals surface area contributed by atoms with Crippen LogP contribution in [0.1, 0.15) is 18.9 Å². The maximum Gasteiger partial charge on any atom is 0.295 e. The van der Waals surface area contributed by atoms with Gasteiger partial charge in [0.1, 0.15) is 5.52 Å². The molecule has 0 saturated carbocycles. The lowest BCUT2D eigenvalue weighted by Gasteiger charge is -1.94. The Morgan fingerprint density at radius 1 is 1.64 bits per heavy atom. The molecule has 0 aliphatic carbocycles. The quantitative estimate of drug-likeness (QED) is 0.746. The van der Waals surface area contributed by atoms with Gasteiger partial charge < -0.3 is 10.2 Å². The number of H-pyrrole nitrogens is 1. The van der Waals surface area contributed by atoms with E-state index in [2.05, 4.69) is 16.9 Å². The van der Waals surface area contributed by atoms with Crippen LogP contribution in [0.4, 0.5) is 5.95 Å². The third-order valence-electron chi connectivity index (χ3n) is 2.04. The Morgan fingerprint density at radius 2 is 2.43 bits per heavy atom. The van der Waals surface area contributed by atoms with Crippen molar-refractivity contribution in [3.8, 4) is 0 Å². The van der Waals surface area contributed by atoms with E-state index in [0.717, 1.165) is 18.4 Å². The van der Waals surface area contributed by atoms with Crippen molar-refractivity contribution in [2.75, 3.05) is 5.73 Å². The number of furan rings is 1. The normalized spacial score (nSPS) is 10.9. The van der Waals surface area contributed by atoms with Crippen molar-refractivity contribution in [2.24, 2.45) is 0 Å². The number of aromatic amines is 1. The van der Waals surface area contributed by atoms with Gasteiger partial charge in [0, 0.05) is 5.56 Å². The smallest absolute Gasteiger partial charge is 0.295 e. The summed E-state index contributed by atoms with van der Waals surface area (Å²) < 4.78 is 5.13. The van der Waals surface area contributed by atoms with Gasteiger partial charge in [-0.1, -0.05) is 13.3 Å². The van der Waals surface area contributed by atoms with Gasteiger partial charge in [-0.2, -0.15) is 0 Å². The minimum atomic E-state index is -0.324. The predicted octanol–water partition coefficient (Wildman–Crippen LogP) is 1.05. The van der Waals surface area contributed by atoms with Crippen molar-refractivity contribution < 1.29 is 4.42 Å². The highest BCUT2D eigenvalue weighted by Gasteiger charge is 2.10. The zero-order valence-electron chi connectivity index (χ0n) is 7.83. The van der Waals surface area contributed by atoms with E-state index in [1.54, 1.807) is 6.26 Å². The van der Waals surface area contributed by atoms with Crippen LogP contribution in [0.5, 0.6) is 0 Å². The van der Waals surface area contributed by atoms with Crippen molar-refractivity contribution in [3.63, 3.8) is 0 Å². The van der Waals surface area contributed by atoms with Gasteiger partial charge in [-0.05, 0) is 6.42 Å². The Kier molecular flexibility index (Phi) is 1.99. The van der Waals surface area contributed by atoms with Crippen LogP contribution in [-0.4, -0.2) is 9.97 Å². The molecule has 0 radical (unpaired) electrons. The summed E-state index contributed by atoms with van der Waals surface area (Å²) in [6.45, 7) is 2.05. The summed E-state index contributed by atoms with van der Waals surface area (Å²) in [7, 11) is 0. The number of aromatic nitrogens is 2. The summed E-state index contributed by atoms with van der Waals surface area (Å²) in [5.74, 6) is 0.126. The number of fused-ring (bicyclic) bond motifs is 1. The summed E-state index contributed by atoms with van der Waals surface area (Å²) in [5, 5.41) is 0. The van der Waals surface area contributed by atoms with Crippen LogP contribution >= 0.6 is 0 Å². The number of nitrogens with two attached hydrogens (primary N) is 1. The molecule has 74 valence electrons. The largest absolute Gasteiger partial charge is 0.456 e. The molecule has 0 atom stereocenters. The summed E-state index contributed by atoms with van der Waals surface area (Å²) in [4.78, 5) is 17.8. The van der Waals surface area contributed by atoms with E-state index < -0.39 is 0 Å². The van der Waals surface area contributed by atoms with Gasteiger partial charge in [-0.3, -0.25) is 9.78 Å². The molecule has 3 N–H and O–H groups in total. The molecule has 14 heavy (non-hydrogen) atoms. The maximum atomic E-state index is 11.3. The monoisotopic (exact) mass is 193 g/mol. The van der Waals surface area contributed by atoms with Crippen LogP contribution in [-0.2, 0) is 6.42 Å². The minimum absolute atomic E-state index is 0.126. The van der Waals surface area contributed by atoms with E-state index in [-0.39, 0.29) is 17.1 Å². The molecule has 0 fully saturated rings. The van der Waals surface area contributed by atoms with Crippen LogP contribution in [0.3, 0.4) is 0 Å². The molecule has 2 aromatic rings. The third kappa shape index (κ3) is 1.26. The van der Waals surface area contributed by atoms with E-state index in [1.165, 1.54) is 0 Å². The lowest BCUT2D eigenvalue weighted by atomic mass is 10.2. The molecule has 2 heterocycles. The topological polar surface area (TPSA) is 84.9 Å². The molecule has 0 saturated heterocycles. The van der Waals surface area contributed by atoms with Gasteiger partial charge in [-0.15, -0.1) is 0 Å². The molecule has 0 unspecified atom stereocenters. The van der Waals surface area contributed by atoms with Crippen molar-refractivity contribution in [3.05, 3.63) is 22.2 Å². The van der Waals surface area contributed by atoms with Crippen molar-refractivity contribution in [2.45, 2.75) is 19.8 Å². The Bertz CT molecular complexity index is 512. The number of hydrogen-bond donors (Lipinski definition) is 2. The summed E-state index contributed by atoms with van der Waals surface area (Å²) in [5.41, 5.74) is 6.88. The van der Waals surface area contributed by atoms with Gasteiger partial charge in [-0.25, -0.2) is 4.98 Å². The predicted molar refractivity (Wildman–Crippen MR) is 53.0 cm³/mol. The van der Waals surface area contributed by atoms with Gasteiger partial charge in [0.15, 0.2) is 0 Å². The van der Waals surface area contributed by atoms with Crippen LogP contribution in [0.15, 0.2) is 15.5 Å².